The second-order valence-electron chi connectivity index (χ2n) is 5.53. The molecule has 0 fully saturated rings. The zero-order valence-corrected chi connectivity index (χ0v) is 13.2. The van der Waals surface area contributed by atoms with Crippen LogP contribution in [0.25, 0.3) is 0 Å². The number of benzene rings is 2. The molecule has 2 N–H and O–H groups in total. The summed E-state index contributed by atoms with van der Waals surface area (Å²) >= 11 is 0. The number of nitrogens with zero attached hydrogens (tertiary/aromatic N) is 1. The van der Waals surface area contributed by atoms with Gasteiger partial charge in [-0.05, 0) is 41.8 Å². The van der Waals surface area contributed by atoms with Gasteiger partial charge in [-0.3, -0.25) is 10.1 Å². The third-order valence-corrected chi connectivity index (χ3v) is 3.40. The summed E-state index contributed by atoms with van der Waals surface area (Å²) in [6, 6.07) is 9.95. The standard InChI is InChI=1S/C17H19FN2O4/c1-12(11-21)9-19-10-13-2-7-17(16(8-13)20(22)23)24-15-5-3-14(18)4-6-15/h2-8,12,19,21H,9-11H2,1H3. The van der Waals surface area contributed by atoms with Gasteiger partial charge < -0.3 is 15.2 Å². The number of hydrogen-bond acceptors (Lipinski definition) is 5. The van der Waals surface area contributed by atoms with Crippen molar-refractivity contribution in [3.63, 3.8) is 0 Å². The van der Waals surface area contributed by atoms with Crippen LogP contribution in [-0.4, -0.2) is 23.2 Å². The highest BCUT2D eigenvalue weighted by Crippen LogP contribution is 2.32. The largest absolute Gasteiger partial charge is 0.450 e. The maximum atomic E-state index is 12.9. The molecule has 6 nitrogen and oxygen atoms in total. The van der Waals surface area contributed by atoms with Crippen molar-refractivity contribution in [2.45, 2.75) is 13.5 Å². The topological polar surface area (TPSA) is 84.6 Å². The molecule has 2 aromatic rings. The predicted octanol–water partition coefficient (Wildman–Crippen LogP) is 3.24. The fraction of sp³-hybridized carbons (Fsp3) is 0.294. The minimum atomic E-state index is -0.515. The molecule has 24 heavy (non-hydrogen) atoms. The molecular weight excluding hydrogens is 315 g/mol. The molecule has 7 heteroatoms. The van der Waals surface area contributed by atoms with Crippen LogP contribution in [0, 0.1) is 21.8 Å². The van der Waals surface area contributed by atoms with E-state index in [1.807, 2.05) is 6.92 Å². The number of aliphatic hydroxyl groups excluding tert-OH is 1. The Balaban J connectivity index is 2.11. The lowest BCUT2D eigenvalue weighted by atomic mass is 10.1. The number of hydrogen-bond donors (Lipinski definition) is 2. The van der Waals surface area contributed by atoms with Crippen LogP contribution in [0.5, 0.6) is 11.5 Å². The number of nitro groups is 1. The summed E-state index contributed by atoms with van der Waals surface area (Å²) < 4.78 is 18.4. The Morgan fingerprint density at radius 2 is 2.00 bits per heavy atom. The lowest BCUT2D eigenvalue weighted by Crippen LogP contribution is -2.22. The molecule has 0 saturated carbocycles. The molecule has 128 valence electrons. The second kappa shape index (κ2) is 8.37. The molecule has 0 radical (unpaired) electrons. The van der Waals surface area contributed by atoms with E-state index in [4.69, 9.17) is 9.84 Å². The smallest absolute Gasteiger partial charge is 0.311 e. The van der Waals surface area contributed by atoms with Crippen LogP contribution >= 0.6 is 0 Å². The number of rotatable bonds is 8. The van der Waals surface area contributed by atoms with Crippen molar-refractivity contribution in [1.82, 2.24) is 5.32 Å². The Kier molecular flexibility index (Phi) is 6.22. The van der Waals surface area contributed by atoms with Crippen molar-refractivity contribution in [2.24, 2.45) is 5.92 Å². The maximum absolute atomic E-state index is 12.9. The molecule has 2 aromatic carbocycles. The van der Waals surface area contributed by atoms with E-state index in [0.717, 1.165) is 5.56 Å². The molecule has 0 saturated heterocycles. The summed E-state index contributed by atoms with van der Waals surface area (Å²) in [5, 5.41) is 23.4. The normalized spacial score (nSPS) is 12.0. The summed E-state index contributed by atoms with van der Waals surface area (Å²) in [4.78, 5) is 10.7. The van der Waals surface area contributed by atoms with E-state index in [0.29, 0.717) is 18.8 Å². The van der Waals surface area contributed by atoms with E-state index in [2.05, 4.69) is 5.32 Å². The monoisotopic (exact) mass is 334 g/mol. The van der Waals surface area contributed by atoms with Gasteiger partial charge in [0.25, 0.3) is 0 Å². The van der Waals surface area contributed by atoms with Gasteiger partial charge in [-0.2, -0.15) is 0 Å². The van der Waals surface area contributed by atoms with Gasteiger partial charge in [-0.1, -0.05) is 13.0 Å². The summed E-state index contributed by atoms with van der Waals surface area (Å²) in [7, 11) is 0. The summed E-state index contributed by atoms with van der Waals surface area (Å²) in [5.74, 6) is 0.123. The molecule has 1 atom stereocenters. The van der Waals surface area contributed by atoms with Gasteiger partial charge in [0.05, 0.1) is 4.92 Å². The number of aliphatic hydroxyl groups is 1. The fourth-order valence-electron chi connectivity index (χ4n) is 2.06. The quantitative estimate of drug-likeness (QED) is 0.572. The molecule has 0 heterocycles. The van der Waals surface area contributed by atoms with Crippen LogP contribution in [0.3, 0.4) is 0 Å². The van der Waals surface area contributed by atoms with Gasteiger partial charge >= 0.3 is 5.69 Å². The fourth-order valence-corrected chi connectivity index (χ4v) is 2.06. The Bertz CT molecular complexity index is 691. The third kappa shape index (κ3) is 5.00. The molecule has 0 amide bonds. The number of nitrogens with one attached hydrogen (secondary N) is 1. The molecule has 2 rings (SSSR count). The lowest BCUT2D eigenvalue weighted by molar-refractivity contribution is -0.385. The van der Waals surface area contributed by atoms with Gasteiger partial charge in [0, 0.05) is 25.8 Å². The van der Waals surface area contributed by atoms with Crippen LogP contribution < -0.4 is 10.1 Å². The van der Waals surface area contributed by atoms with Crippen LogP contribution in [0.15, 0.2) is 42.5 Å². The van der Waals surface area contributed by atoms with Crippen molar-refractivity contribution < 1.29 is 19.2 Å². The van der Waals surface area contributed by atoms with Crippen LogP contribution in [0.2, 0.25) is 0 Å². The molecule has 0 aliphatic rings. The highest BCUT2D eigenvalue weighted by atomic mass is 19.1. The molecule has 0 aliphatic carbocycles. The van der Waals surface area contributed by atoms with E-state index in [-0.39, 0.29) is 24.0 Å². The second-order valence-corrected chi connectivity index (χ2v) is 5.53. The molecule has 0 bridgehead atoms. The Morgan fingerprint density at radius 1 is 1.29 bits per heavy atom. The third-order valence-electron chi connectivity index (χ3n) is 3.40. The van der Waals surface area contributed by atoms with Gasteiger partial charge in [0.15, 0.2) is 0 Å². The highest BCUT2D eigenvalue weighted by molar-refractivity contribution is 5.50. The van der Waals surface area contributed by atoms with Gasteiger partial charge in [-0.25, -0.2) is 4.39 Å². The van der Waals surface area contributed by atoms with Crippen molar-refractivity contribution in [2.75, 3.05) is 13.2 Å². The van der Waals surface area contributed by atoms with Gasteiger partial charge in [-0.15, -0.1) is 0 Å². The predicted molar refractivity (Wildman–Crippen MR) is 87.5 cm³/mol. The summed E-state index contributed by atoms with van der Waals surface area (Å²) in [6.07, 6.45) is 0. The number of ether oxygens (including phenoxy) is 1. The summed E-state index contributed by atoms with van der Waals surface area (Å²) in [5.41, 5.74) is 0.576. The first kappa shape index (κ1) is 17.8. The van der Waals surface area contributed by atoms with E-state index in [9.17, 15) is 14.5 Å². The van der Waals surface area contributed by atoms with Gasteiger partial charge in [0.2, 0.25) is 5.75 Å². The first-order chi connectivity index (χ1) is 11.5. The van der Waals surface area contributed by atoms with Crippen LogP contribution in [-0.2, 0) is 6.54 Å². The van der Waals surface area contributed by atoms with E-state index >= 15 is 0 Å². The molecule has 0 aromatic heterocycles. The Hall–Kier alpha value is -2.51. The maximum Gasteiger partial charge on any atom is 0.311 e. The first-order valence-corrected chi connectivity index (χ1v) is 7.52. The first-order valence-electron chi connectivity index (χ1n) is 7.52. The molecular formula is C17H19FN2O4. The van der Waals surface area contributed by atoms with Crippen LogP contribution in [0.4, 0.5) is 10.1 Å². The average Bonchev–Trinajstić information content (AvgIpc) is 2.57. The van der Waals surface area contributed by atoms with Crippen molar-refractivity contribution in [1.29, 1.82) is 0 Å². The zero-order valence-electron chi connectivity index (χ0n) is 13.2. The van der Waals surface area contributed by atoms with Gasteiger partial charge in [0.1, 0.15) is 11.6 Å². The lowest BCUT2D eigenvalue weighted by Gasteiger charge is -2.11. The SMILES string of the molecule is CC(CO)CNCc1ccc(Oc2ccc(F)cc2)c([N+](=O)[O-])c1. The average molecular weight is 334 g/mol. The molecule has 0 spiro atoms. The van der Waals surface area contributed by atoms with E-state index in [1.165, 1.54) is 36.4 Å². The Labute approximate surface area is 139 Å². The Morgan fingerprint density at radius 3 is 2.62 bits per heavy atom. The summed E-state index contributed by atoms with van der Waals surface area (Å²) in [6.45, 7) is 3.03. The molecule has 1 unspecified atom stereocenters. The minimum absolute atomic E-state index is 0.0809. The number of halogens is 1. The van der Waals surface area contributed by atoms with Crippen LogP contribution in [0.1, 0.15) is 12.5 Å². The number of nitro benzene ring substituents is 1. The van der Waals surface area contributed by atoms with E-state index in [1.54, 1.807) is 6.07 Å². The minimum Gasteiger partial charge on any atom is -0.450 e. The zero-order chi connectivity index (χ0) is 17.5. The van der Waals surface area contributed by atoms with Crippen molar-refractivity contribution in [3.05, 3.63) is 64.0 Å². The van der Waals surface area contributed by atoms with Crippen molar-refractivity contribution in [3.8, 4) is 11.5 Å². The van der Waals surface area contributed by atoms with E-state index < -0.39 is 10.7 Å². The molecule has 0 aliphatic heterocycles. The van der Waals surface area contributed by atoms with Crippen molar-refractivity contribution >= 4 is 5.69 Å². The highest BCUT2D eigenvalue weighted by Gasteiger charge is 2.17.